The zero-order valence-electron chi connectivity index (χ0n) is 15.9. The fraction of sp³-hybridized carbons (Fsp3) is 0.600. The van der Waals surface area contributed by atoms with E-state index in [1.165, 1.54) is 12.1 Å². The van der Waals surface area contributed by atoms with Gasteiger partial charge in [-0.15, -0.1) is 0 Å². The van der Waals surface area contributed by atoms with Gasteiger partial charge in [-0.2, -0.15) is 13.2 Å². The first-order valence-electron chi connectivity index (χ1n) is 9.53. The van der Waals surface area contributed by atoms with Crippen molar-refractivity contribution >= 4 is 11.8 Å². The van der Waals surface area contributed by atoms with Crippen molar-refractivity contribution in [3.63, 3.8) is 0 Å². The first kappa shape index (κ1) is 21.3. The Labute approximate surface area is 158 Å². The monoisotopic (exact) mass is 384 g/mol. The molecule has 2 rings (SSSR count). The Bertz CT molecular complexity index is 630. The number of benzene rings is 1. The van der Waals surface area contributed by atoms with E-state index in [1.54, 1.807) is 4.90 Å². The molecule has 0 aliphatic carbocycles. The van der Waals surface area contributed by atoms with Crippen LogP contribution in [0.2, 0.25) is 0 Å². The summed E-state index contributed by atoms with van der Waals surface area (Å²) in [4.78, 5) is 28.7. The number of nitrogens with zero attached hydrogens (tertiary/aromatic N) is 2. The van der Waals surface area contributed by atoms with Crippen molar-refractivity contribution in [3.05, 3.63) is 35.4 Å². The Morgan fingerprint density at radius 3 is 2.00 bits per heavy atom. The van der Waals surface area contributed by atoms with Crippen LogP contribution in [-0.4, -0.2) is 47.8 Å². The molecule has 7 heteroatoms. The van der Waals surface area contributed by atoms with Crippen LogP contribution in [0.1, 0.15) is 55.5 Å². The van der Waals surface area contributed by atoms with Crippen LogP contribution >= 0.6 is 0 Å². The van der Waals surface area contributed by atoms with Gasteiger partial charge in [-0.1, -0.05) is 13.8 Å². The zero-order valence-corrected chi connectivity index (χ0v) is 15.9. The molecule has 4 nitrogen and oxygen atoms in total. The third-order valence-electron chi connectivity index (χ3n) is 4.89. The summed E-state index contributed by atoms with van der Waals surface area (Å²) in [6.07, 6.45) is -1.40. The molecule has 1 fully saturated rings. The Balaban J connectivity index is 1.94. The quantitative estimate of drug-likeness (QED) is 0.737. The number of alkyl halides is 3. The van der Waals surface area contributed by atoms with Gasteiger partial charge in [0.1, 0.15) is 0 Å². The molecular weight excluding hydrogens is 357 g/mol. The maximum absolute atomic E-state index is 12.7. The van der Waals surface area contributed by atoms with Gasteiger partial charge in [0.2, 0.25) is 5.91 Å². The lowest BCUT2D eigenvalue weighted by Gasteiger charge is -2.34. The van der Waals surface area contributed by atoms with Crippen LogP contribution < -0.4 is 0 Å². The lowest BCUT2D eigenvalue weighted by molar-refractivity contribution is -0.138. The van der Waals surface area contributed by atoms with Gasteiger partial charge in [-0.3, -0.25) is 9.59 Å². The number of rotatable bonds is 6. The predicted octanol–water partition coefficient (Wildman–Crippen LogP) is 4.21. The van der Waals surface area contributed by atoms with E-state index in [-0.39, 0.29) is 23.3 Å². The van der Waals surface area contributed by atoms with Crippen molar-refractivity contribution in [3.8, 4) is 0 Å². The molecule has 0 N–H and O–H groups in total. The van der Waals surface area contributed by atoms with Crippen molar-refractivity contribution in [1.82, 2.24) is 9.80 Å². The van der Waals surface area contributed by atoms with E-state index < -0.39 is 11.7 Å². The minimum atomic E-state index is -4.41. The fourth-order valence-corrected chi connectivity index (χ4v) is 3.44. The average molecular weight is 384 g/mol. The highest BCUT2D eigenvalue weighted by Crippen LogP contribution is 2.29. The van der Waals surface area contributed by atoms with E-state index in [1.807, 2.05) is 18.7 Å². The molecule has 1 aliphatic rings. The summed E-state index contributed by atoms with van der Waals surface area (Å²) in [5, 5.41) is 0. The molecule has 0 spiro atoms. The lowest BCUT2D eigenvalue weighted by Crippen LogP contribution is -2.44. The van der Waals surface area contributed by atoms with Crippen LogP contribution in [0.15, 0.2) is 24.3 Å². The van der Waals surface area contributed by atoms with E-state index in [2.05, 4.69) is 0 Å². The molecule has 27 heavy (non-hydrogen) atoms. The Morgan fingerprint density at radius 1 is 1.04 bits per heavy atom. The van der Waals surface area contributed by atoms with Crippen LogP contribution in [0, 0.1) is 5.92 Å². The highest BCUT2D eigenvalue weighted by atomic mass is 19.4. The molecule has 150 valence electrons. The number of piperidine rings is 1. The van der Waals surface area contributed by atoms with E-state index in [0.29, 0.717) is 25.9 Å². The van der Waals surface area contributed by atoms with E-state index >= 15 is 0 Å². The first-order chi connectivity index (χ1) is 12.8. The summed E-state index contributed by atoms with van der Waals surface area (Å²) in [7, 11) is 0. The zero-order chi connectivity index (χ0) is 20.0. The van der Waals surface area contributed by atoms with Crippen LogP contribution in [0.3, 0.4) is 0 Å². The smallest absolute Gasteiger partial charge is 0.342 e. The molecule has 0 radical (unpaired) electrons. The topological polar surface area (TPSA) is 40.6 Å². The Kier molecular flexibility index (Phi) is 7.27. The van der Waals surface area contributed by atoms with Gasteiger partial charge >= 0.3 is 6.18 Å². The van der Waals surface area contributed by atoms with Crippen molar-refractivity contribution in [2.45, 2.75) is 45.7 Å². The number of hydrogen-bond acceptors (Lipinski definition) is 2. The van der Waals surface area contributed by atoms with Crippen LogP contribution in [0.25, 0.3) is 0 Å². The third kappa shape index (κ3) is 5.47. The van der Waals surface area contributed by atoms with Gasteiger partial charge in [0.05, 0.1) is 5.56 Å². The molecule has 1 aromatic rings. The minimum Gasteiger partial charge on any atom is -0.342 e. The van der Waals surface area contributed by atoms with Gasteiger partial charge in [-0.05, 0) is 49.9 Å². The van der Waals surface area contributed by atoms with E-state index in [0.717, 1.165) is 38.1 Å². The van der Waals surface area contributed by atoms with E-state index in [9.17, 15) is 22.8 Å². The van der Waals surface area contributed by atoms with Crippen LogP contribution in [0.4, 0.5) is 13.2 Å². The Hall–Kier alpha value is -2.05. The number of carbonyl (C=O) groups excluding carboxylic acids is 2. The second-order valence-electron chi connectivity index (χ2n) is 6.97. The molecule has 0 unspecified atom stereocenters. The number of halogens is 3. The molecular formula is C20H27F3N2O2. The Morgan fingerprint density at radius 2 is 1.56 bits per heavy atom. The van der Waals surface area contributed by atoms with Gasteiger partial charge in [0, 0.05) is 37.7 Å². The SMILES string of the molecule is CCCN(CCC)C(=O)C1CCN(C(=O)c2ccc(C(F)(F)F)cc2)CC1. The molecule has 0 bridgehead atoms. The number of hydrogen-bond donors (Lipinski definition) is 0. The maximum Gasteiger partial charge on any atom is 0.416 e. The normalized spacial score (nSPS) is 15.7. The van der Waals surface area contributed by atoms with Gasteiger partial charge in [0.25, 0.3) is 5.91 Å². The second kappa shape index (κ2) is 9.24. The van der Waals surface area contributed by atoms with Crippen molar-refractivity contribution in [2.24, 2.45) is 5.92 Å². The summed E-state index contributed by atoms with van der Waals surface area (Å²) in [5.41, 5.74) is -0.526. The molecule has 0 atom stereocenters. The molecule has 1 saturated heterocycles. The summed E-state index contributed by atoms with van der Waals surface area (Å²) in [6.45, 7) is 6.47. The molecule has 1 aromatic carbocycles. The van der Waals surface area contributed by atoms with E-state index in [4.69, 9.17) is 0 Å². The summed E-state index contributed by atoms with van der Waals surface area (Å²) >= 11 is 0. The summed E-state index contributed by atoms with van der Waals surface area (Å²) in [6, 6.07) is 4.28. The number of carbonyl (C=O) groups is 2. The number of likely N-dealkylation sites (tertiary alicyclic amines) is 1. The summed E-state index contributed by atoms with van der Waals surface area (Å²) < 4.78 is 37.9. The minimum absolute atomic E-state index is 0.0836. The lowest BCUT2D eigenvalue weighted by atomic mass is 9.94. The predicted molar refractivity (Wildman–Crippen MR) is 97.2 cm³/mol. The first-order valence-corrected chi connectivity index (χ1v) is 9.53. The molecule has 2 amide bonds. The fourth-order valence-electron chi connectivity index (χ4n) is 3.44. The molecule has 0 aromatic heterocycles. The van der Waals surface area contributed by atoms with Crippen molar-refractivity contribution < 1.29 is 22.8 Å². The average Bonchev–Trinajstić information content (AvgIpc) is 2.66. The van der Waals surface area contributed by atoms with Gasteiger partial charge in [0.15, 0.2) is 0 Å². The molecule has 1 heterocycles. The van der Waals surface area contributed by atoms with Crippen LogP contribution in [0.5, 0.6) is 0 Å². The maximum atomic E-state index is 12.7. The van der Waals surface area contributed by atoms with Gasteiger partial charge in [-0.25, -0.2) is 0 Å². The second-order valence-corrected chi connectivity index (χ2v) is 6.97. The van der Waals surface area contributed by atoms with Crippen LogP contribution in [-0.2, 0) is 11.0 Å². The standard InChI is InChI=1S/C20H27F3N2O2/c1-3-11-24(12-4-2)19(27)16-9-13-25(14-10-16)18(26)15-5-7-17(8-6-15)20(21,22)23/h5-8,16H,3-4,9-14H2,1-2H3. The highest BCUT2D eigenvalue weighted by molar-refractivity contribution is 5.94. The summed E-state index contributed by atoms with van der Waals surface area (Å²) in [5.74, 6) is -0.214. The highest BCUT2D eigenvalue weighted by Gasteiger charge is 2.32. The van der Waals surface area contributed by atoms with Crippen molar-refractivity contribution in [1.29, 1.82) is 0 Å². The number of amides is 2. The third-order valence-corrected chi connectivity index (χ3v) is 4.89. The molecule has 1 aliphatic heterocycles. The molecule has 0 saturated carbocycles. The largest absolute Gasteiger partial charge is 0.416 e. The van der Waals surface area contributed by atoms with Crippen molar-refractivity contribution in [2.75, 3.05) is 26.2 Å². The van der Waals surface area contributed by atoms with Gasteiger partial charge < -0.3 is 9.80 Å².